The van der Waals surface area contributed by atoms with Crippen LogP contribution in [0.2, 0.25) is 0 Å². The lowest BCUT2D eigenvalue weighted by atomic mass is 9.78. The maximum atomic E-state index is 11.4. The van der Waals surface area contributed by atoms with Crippen LogP contribution in [0.15, 0.2) is 30.4 Å². The van der Waals surface area contributed by atoms with Crippen molar-refractivity contribution in [1.82, 2.24) is 0 Å². The Labute approximate surface area is 129 Å². The Hall–Kier alpha value is -1.89. The van der Waals surface area contributed by atoms with Crippen molar-refractivity contribution in [1.29, 1.82) is 0 Å². The number of benzene rings is 1. The quantitative estimate of drug-likeness (QED) is 0.522. The van der Waals surface area contributed by atoms with E-state index in [1.54, 1.807) is 12.1 Å². The van der Waals surface area contributed by atoms with E-state index in [4.69, 9.17) is 0 Å². The normalized spacial score (nSPS) is 26.1. The van der Waals surface area contributed by atoms with E-state index in [0.717, 1.165) is 17.7 Å². The predicted octanol–water partition coefficient (Wildman–Crippen LogP) is 2.48. The largest absolute Gasteiger partial charge is 0.382 e. The average Bonchev–Trinajstić information content (AvgIpc) is 2.93. The fourth-order valence-electron chi connectivity index (χ4n) is 3.43. The second-order valence-corrected chi connectivity index (χ2v) is 8.31. The Morgan fingerprint density at radius 3 is 2.86 bits per heavy atom. The van der Waals surface area contributed by atoms with Crippen LogP contribution in [0, 0.1) is 16.0 Å². The first kappa shape index (κ1) is 15.0. The van der Waals surface area contributed by atoms with Gasteiger partial charge in [0.15, 0.2) is 0 Å². The predicted molar refractivity (Wildman–Crippen MR) is 84.8 cm³/mol. The van der Waals surface area contributed by atoms with Crippen LogP contribution in [0.5, 0.6) is 0 Å². The molecule has 0 amide bonds. The lowest BCUT2D eigenvalue weighted by molar-refractivity contribution is -0.384. The van der Waals surface area contributed by atoms with Gasteiger partial charge >= 0.3 is 0 Å². The Balaban J connectivity index is 1.90. The molecule has 0 fully saturated rings. The summed E-state index contributed by atoms with van der Waals surface area (Å²) in [6.07, 6.45) is 6.84. The van der Waals surface area contributed by atoms with Crippen LogP contribution in [0.25, 0.3) is 0 Å². The number of sulfone groups is 1. The van der Waals surface area contributed by atoms with Crippen molar-refractivity contribution >= 4 is 21.2 Å². The zero-order chi connectivity index (χ0) is 15.9. The summed E-state index contributed by atoms with van der Waals surface area (Å²) >= 11 is 0. The molecule has 1 aromatic rings. The smallest absolute Gasteiger partial charge is 0.269 e. The fraction of sp³-hybridized carbons (Fsp3) is 0.467. The van der Waals surface area contributed by atoms with Gasteiger partial charge in [0.05, 0.1) is 10.7 Å². The number of hydrogen-bond donors (Lipinski definition) is 1. The third kappa shape index (κ3) is 2.85. The average molecular weight is 322 g/mol. The molecular weight excluding hydrogens is 304 g/mol. The third-order valence-corrected chi connectivity index (χ3v) is 5.45. The van der Waals surface area contributed by atoms with E-state index in [1.807, 2.05) is 0 Å². The second-order valence-electron chi connectivity index (χ2n) is 6.05. The summed E-state index contributed by atoms with van der Waals surface area (Å²) in [5.41, 5.74) is 1.90. The molecule has 0 aromatic heterocycles. The van der Waals surface area contributed by atoms with Crippen molar-refractivity contribution < 1.29 is 13.3 Å². The van der Waals surface area contributed by atoms with Gasteiger partial charge in [0.2, 0.25) is 0 Å². The van der Waals surface area contributed by atoms with E-state index in [2.05, 4.69) is 17.5 Å². The number of nitro benzene ring substituents is 1. The molecule has 1 aliphatic carbocycles. The lowest BCUT2D eigenvalue weighted by Crippen LogP contribution is -2.37. The summed E-state index contributed by atoms with van der Waals surface area (Å²) in [5.74, 6) is 0.535. The molecule has 2 aliphatic rings. The molecule has 22 heavy (non-hydrogen) atoms. The standard InChI is InChI=1S/C15H18N2O4S/c1-22(20,21)8-7-15-12-4-2-3-11(12)13-9-10(17(18)19)5-6-14(13)16-15/h2-3,5-6,9,11-12,15-16H,4,7-8H2,1H3. The molecule has 0 spiro atoms. The minimum absolute atomic E-state index is 0.0729. The van der Waals surface area contributed by atoms with Gasteiger partial charge < -0.3 is 5.32 Å². The van der Waals surface area contributed by atoms with Gasteiger partial charge in [0, 0.05) is 36.0 Å². The monoisotopic (exact) mass is 322 g/mol. The molecule has 6 nitrogen and oxygen atoms in total. The van der Waals surface area contributed by atoms with Crippen molar-refractivity contribution in [3.05, 3.63) is 46.0 Å². The second kappa shape index (κ2) is 5.39. The highest BCUT2D eigenvalue weighted by atomic mass is 32.2. The van der Waals surface area contributed by atoms with E-state index in [0.29, 0.717) is 6.42 Å². The number of allylic oxidation sites excluding steroid dienone is 2. The Kier molecular flexibility index (Phi) is 3.68. The Morgan fingerprint density at radius 2 is 2.18 bits per heavy atom. The van der Waals surface area contributed by atoms with Gasteiger partial charge in [-0.15, -0.1) is 0 Å². The third-order valence-electron chi connectivity index (χ3n) is 4.48. The van der Waals surface area contributed by atoms with Crippen molar-refractivity contribution in [2.75, 3.05) is 17.3 Å². The Bertz CT molecular complexity index is 742. The molecule has 118 valence electrons. The SMILES string of the molecule is CS(=O)(=O)CCC1Nc2ccc([N+](=O)[O-])cc2C2C=CCC12. The van der Waals surface area contributed by atoms with Crippen LogP contribution < -0.4 is 5.32 Å². The van der Waals surface area contributed by atoms with Crippen LogP contribution in [-0.4, -0.2) is 31.4 Å². The number of non-ortho nitro benzene ring substituents is 1. The zero-order valence-corrected chi connectivity index (χ0v) is 13.0. The summed E-state index contributed by atoms with van der Waals surface area (Å²) in [6.45, 7) is 0. The first-order valence-corrected chi connectivity index (χ1v) is 9.30. The molecule has 1 N–H and O–H groups in total. The van der Waals surface area contributed by atoms with Gasteiger partial charge in [0.25, 0.3) is 5.69 Å². The maximum Gasteiger partial charge on any atom is 0.269 e. The van der Waals surface area contributed by atoms with Gasteiger partial charge in [-0.05, 0) is 30.4 Å². The minimum atomic E-state index is -3.00. The number of fused-ring (bicyclic) bond motifs is 3. The van der Waals surface area contributed by atoms with Crippen LogP contribution in [0.1, 0.15) is 24.3 Å². The summed E-state index contributed by atoms with van der Waals surface area (Å²) < 4.78 is 22.8. The Morgan fingerprint density at radius 1 is 1.41 bits per heavy atom. The van der Waals surface area contributed by atoms with Crippen LogP contribution in [-0.2, 0) is 9.84 Å². The summed E-state index contributed by atoms with van der Waals surface area (Å²) in [6, 6.07) is 4.91. The molecule has 7 heteroatoms. The number of nitro groups is 1. The van der Waals surface area contributed by atoms with Crippen LogP contribution >= 0.6 is 0 Å². The molecule has 1 aromatic carbocycles. The van der Waals surface area contributed by atoms with E-state index in [9.17, 15) is 18.5 Å². The molecule has 3 atom stereocenters. The molecule has 1 aliphatic heterocycles. The highest BCUT2D eigenvalue weighted by molar-refractivity contribution is 7.90. The molecule has 0 saturated heterocycles. The molecule has 0 radical (unpaired) electrons. The number of anilines is 1. The highest BCUT2D eigenvalue weighted by Gasteiger charge is 2.37. The first-order valence-electron chi connectivity index (χ1n) is 7.24. The van der Waals surface area contributed by atoms with E-state index < -0.39 is 9.84 Å². The van der Waals surface area contributed by atoms with Gasteiger partial charge in [0.1, 0.15) is 9.84 Å². The summed E-state index contributed by atoms with van der Waals surface area (Å²) in [4.78, 5) is 10.6. The van der Waals surface area contributed by atoms with Crippen molar-refractivity contribution in [3.8, 4) is 0 Å². The molecule has 3 unspecified atom stereocenters. The van der Waals surface area contributed by atoms with Crippen molar-refractivity contribution in [3.63, 3.8) is 0 Å². The fourth-order valence-corrected chi connectivity index (χ4v) is 4.11. The number of nitrogens with zero attached hydrogens (tertiary/aromatic N) is 1. The first-order chi connectivity index (χ1) is 10.3. The number of rotatable bonds is 4. The van der Waals surface area contributed by atoms with E-state index in [-0.39, 0.29) is 34.2 Å². The van der Waals surface area contributed by atoms with Gasteiger partial charge in [-0.3, -0.25) is 10.1 Å². The molecule has 3 rings (SSSR count). The van der Waals surface area contributed by atoms with Gasteiger partial charge in [-0.1, -0.05) is 12.2 Å². The van der Waals surface area contributed by atoms with Crippen LogP contribution in [0.4, 0.5) is 11.4 Å². The molecule has 0 bridgehead atoms. The maximum absolute atomic E-state index is 11.4. The topological polar surface area (TPSA) is 89.3 Å². The molecule has 1 heterocycles. The van der Waals surface area contributed by atoms with Crippen molar-refractivity contribution in [2.24, 2.45) is 5.92 Å². The summed E-state index contributed by atoms with van der Waals surface area (Å²) in [7, 11) is -3.00. The van der Waals surface area contributed by atoms with Gasteiger partial charge in [-0.25, -0.2) is 8.42 Å². The van der Waals surface area contributed by atoms with Crippen LogP contribution in [0.3, 0.4) is 0 Å². The van der Waals surface area contributed by atoms with Crippen molar-refractivity contribution in [2.45, 2.75) is 24.8 Å². The molecule has 0 saturated carbocycles. The number of nitrogens with one attached hydrogen (secondary N) is 1. The summed E-state index contributed by atoms with van der Waals surface area (Å²) in [5, 5.41) is 14.3. The lowest BCUT2D eigenvalue weighted by Gasteiger charge is -2.37. The van der Waals surface area contributed by atoms with E-state index >= 15 is 0 Å². The van der Waals surface area contributed by atoms with Gasteiger partial charge in [-0.2, -0.15) is 0 Å². The zero-order valence-electron chi connectivity index (χ0n) is 12.2. The van der Waals surface area contributed by atoms with E-state index in [1.165, 1.54) is 12.3 Å². The molecular formula is C15H18N2O4S. The minimum Gasteiger partial charge on any atom is -0.382 e. The highest BCUT2D eigenvalue weighted by Crippen LogP contribution is 2.46. The number of hydrogen-bond acceptors (Lipinski definition) is 5.